The Hall–Kier alpha value is -3.19. The third kappa shape index (κ3) is 4.93. The summed E-state index contributed by atoms with van der Waals surface area (Å²) in [4.78, 5) is 19.8. The van der Waals surface area contributed by atoms with E-state index in [1.165, 1.54) is 11.1 Å². The lowest BCUT2D eigenvalue weighted by Crippen LogP contribution is -2.41. The van der Waals surface area contributed by atoms with Gasteiger partial charge in [0.25, 0.3) is 0 Å². The Labute approximate surface area is 194 Å². The van der Waals surface area contributed by atoms with Crippen LogP contribution in [0.25, 0.3) is 11.4 Å². The Kier molecular flexibility index (Phi) is 6.39. The highest BCUT2D eigenvalue weighted by Crippen LogP contribution is 2.30. The first-order chi connectivity index (χ1) is 16.2. The van der Waals surface area contributed by atoms with Crippen LogP contribution >= 0.6 is 0 Å². The number of hydrogen-bond acceptors (Lipinski definition) is 6. The quantitative estimate of drug-likeness (QED) is 0.613. The minimum absolute atomic E-state index is 0.0629. The third-order valence-corrected chi connectivity index (χ3v) is 6.82. The molecule has 0 saturated carbocycles. The van der Waals surface area contributed by atoms with Crippen LogP contribution in [0.15, 0.2) is 53.1 Å². The van der Waals surface area contributed by atoms with E-state index in [1.54, 1.807) is 7.11 Å². The van der Waals surface area contributed by atoms with Gasteiger partial charge in [-0.2, -0.15) is 4.98 Å². The molecule has 7 nitrogen and oxygen atoms in total. The maximum absolute atomic E-state index is 13.0. The molecule has 1 N–H and O–H groups in total. The van der Waals surface area contributed by atoms with Crippen LogP contribution in [0.1, 0.15) is 48.7 Å². The molecule has 1 aliphatic carbocycles. The van der Waals surface area contributed by atoms with Gasteiger partial charge >= 0.3 is 0 Å². The number of carbonyl (C=O) groups is 1. The zero-order valence-electron chi connectivity index (χ0n) is 19.0. The number of amides is 1. The summed E-state index contributed by atoms with van der Waals surface area (Å²) in [6, 6.07) is 16.2. The third-order valence-electron chi connectivity index (χ3n) is 6.82. The van der Waals surface area contributed by atoms with Gasteiger partial charge < -0.3 is 14.6 Å². The van der Waals surface area contributed by atoms with E-state index in [-0.39, 0.29) is 17.9 Å². The molecule has 1 saturated heterocycles. The lowest BCUT2D eigenvalue weighted by molar-refractivity contribution is -0.127. The molecular weight excluding hydrogens is 416 g/mol. The fourth-order valence-corrected chi connectivity index (χ4v) is 4.91. The largest absolute Gasteiger partial charge is 0.497 e. The minimum Gasteiger partial charge on any atom is -0.497 e. The average Bonchev–Trinajstić information content (AvgIpc) is 3.33. The molecule has 2 aromatic carbocycles. The second-order valence-electron chi connectivity index (χ2n) is 8.94. The topological polar surface area (TPSA) is 80.5 Å². The molecule has 33 heavy (non-hydrogen) atoms. The number of piperidine rings is 1. The SMILES string of the molecule is COc1ccc(-c2noc(CN3CCC(C(=O)NC4CCCc5ccccc54)CC3)n2)cc1. The summed E-state index contributed by atoms with van der Waals surface area (Å²) in [6.45, 7) is 2.30. The molecule has 172 valence electrons. The number of benzene rings is 2. The minimum atomic E-state index is 0.0629. The smallest absolute Gasteiger partial charge is 0.241 e. The van der Waals surface area contributed by atoms with Gasteiger partial charge in [-0.1, -0.05) is 29.4 Å². The van der Waals surface area contributed by atoms with Crippen molar-refractivity contribution in [1.29, 1.82) is 0 Å². The normalized spacial score (nSPS) is 19.1. The zero-order valence-corrected chi connectivity index (χ0v) is 19.0. The predicted octanol–water partition coefficient (Wildman–Crippen LogP) is 4.15. The van der Waals surface area contributed by atoms with Crippen LogP contribution in [-0.2, 0) is 17.8 Å². The Balaban J connectivity index is 1.13. The molecule has 5 rings (SSSR count). The van der Waals surface area contributed by atoms with E-state index in [2.05, 4.69) is 44.6 Å². The number of aryl methyl sites for hydroxylation is 1. The fraction of sp³-hybridized carbons (Fsp3) is 0.423. The van der Waals surface area contributed by atoms with E-state index in [0.29, 0.717) is 18.3 Å². The standard InChI is InChI=1S/C26H30N4O3/c1-32-21-11-9-19(10-12-21)25-28-24(33-29-25)17-30-15-13-20(14-16-30)26(31)27-23-8-4-6-18-5-2-3-7-22(18)23/h2-3,5,7,9-12,20,23H,4,6,8,13-17H2,1H3,(H,27,31). The van der Waals surface area contributed by atoms with E-state index in [1.807, 2.05) is 24.3 Å². The van der Waals surface area contributed by atoms with Crippen LogP contribution in [0, 0.1) is 5.92 Å². The molecule has 7 heteroatoms. The van der Waals surface area contributed by atoms with Gasteiger partial charge in [0.1, 0.15) is 5.75 Å². The van der Waals surface area contributed by atoms with Crippen molar-refractivity contribution in [2.45, 2.75) is 44.7 Å². The summed E-state index contributed by atoms with van der Waals surface area (Å²) in [5, 5.41) is 7.45. The number of methoxy groups -OCH3 is 1. The van der Waals surface area contributed by atoms with Crippen molar-refractivity contribution in [3.8, 4) is 17.1 Å². The van der Waals surface area contributed by atoms with Crippen molar-refractivity contribution in [3.63, 3.8) is 0 Å². The van der Waals surface area contributed by atoms with E-state index < -0.39 is 0 Å². The number of fused-ring (bicyclic) bond motifs is 1. The highest BCUT2D eigenvalue weighted by molar-refractivity contribution is 5.79. The molecule has 2 heterocycles. The summed E-state index contributed by atoms with van der Waals surface area (Å²) >= 11 is 0. The predicted molar refractivity (Wildman–Crippen MR) is 125 cm³/mol. The summed E-state index contributed by atoms with van der Waals surface area (Å²) in [5.74, 6) is 2.23. The molecule has 1 unspecified atom stereocenters. The van der Waals surface area contributed by atoms with E-state index in [0.717, 1.165) is 56.5 Å². The van der Waals surface area contributed by atoms with E-state index in [4.69, 9.17) is 9.26 Å². The highest BCUT2D eigenvalue weighted by atomic mass is 16.5. The molecule has 1 aromatic heterocycles. The first kappa shape index (κ1) is 21.6. The number of nitrogens with zero attached hydrogens (tertiary/aromatic N) is 3. The maximum Gasteiger partial charge on any atom is 0.241 e. The van der Waals surface area contributed by atoms with Gasteiger partial charge in [-0.3, -0.25) is 9.69 Å². The Morgan fingerprint density at radius 2 is 1.91 bits per heavy atom. The molecule has 1 fully saturated rings. The van der Waals surface area contributed by atoms with E-state index in [9.17, 15) is 4.79 Å². The molecule has 0 radical (unpaired) electrons. The van der Waals surface area contributed by atoms with Crippen LogP contribution in [0.4, 0.5) is 0 Å². The summed E-state index contributed by atoms with van der Waals surface area (Å²) in [7, 11) is 1.64. The monoisotopic (exact) mass is 446 g/mol. The van der Waals surface area contributed by atoms with Crippen LogP contribution in [-0.4, -0.2) is 41.1 Å². The lowest BCUT2D eigenvalue weighted by atomic mass is 9.87. The number of aromatic nitrogens is 2. The molecule has 3 aromatic rings. The first-order valence-electron chi connectivity index (χ1n) is 11.8. The van der Waals surface area contributed by atoms with Gasteiger partial charge in [-0.25, -0.2) is 0 Å². The summed E-state index contributed by atoms with van der Waals surface area (Å²) in [6.07, 6.45) is 4.95. The van der Waals surface area contributed by atoms with Crippen molar-refractivity contribution >= 4 is 5.91 Å². The molecule has 0 bridgehead atoms. The van der Waals surface area contributed by atoms with Crippen LogP contribution in [0.2, 0.25) is 0 Å². The van der Waals surface area contributed by atoms with Crippen LogP contribution < -0.4 is 10.1 Å². The van der Waals surface area contributed by atoms with Crippen molar-refractivity contribution in [3.05, 3.63) is 65.5 Å². The Morgan fingerprint density at radius 1 is 1.12 bits per heavy atom. The number of ether oxygens (including phenoxy) is 1. The molecule has 2 aliphatic rings. The van der Waals surface area contributed by atoms with Crippen molar-refractivity contribution < 1.29 is 14.1 Å². The second kappa shape index (κ2) is 9.75. The second-order valence-corrected chi connectivity index (χ2v) is 8.94. The van der Waals surface area contributed by atoms with Crippen molar-refractivity contribution in [2.75, 3.05) is 20.2 Å². The molecule has 0 spiro atoms. The van der Waals surface area contributed by atoms with Gasteiger partial charge in [-0.15, -0.1) is 0 Å². The Bertz CT molecular complexity index is 1090. The fourth-order valence-electron chi connectivity index (χ4n) is 4.91. The van der Waals surface area contributed by atoms with Crippen LogP contribution in [0.3, 0.4) is 0 Å². The summed E-state index contributed by atoms with van der Waals surface area (Å²) in [5.41, 5.74) is 3.56. The molecule has 1 amide bonds. The van der Waals surface area contributed by atoms with Crippen molar-refractivity contribution in [1.82, 2.24) is 20.4 Å². The number of hydrogen-bond donors (Lipinski definition) is 1. The first-order valence-corrected chi connectivity index (χ1v) is 11.8. The number of likely N-dealkylation sites (tertiary alicyclic amines) is 1. The van der Waals surface area contributed by atoms with Gasteiger partial charge in [0.2, 0.25) is 17.6 Å². The Morgan fingerprint density at radius 3 is 2.70 bits per heavy atom. The molecule has 1 atom stereocenters. The molecular formula is C26H30N4O3. The van der Waals surface area contributed by atoms with Gasteiger partial charge in [-0.05, 0) is 80.6 Å². The van der Waals surface area contributed by atoms with Gasteiger partial charge in [0, 0.05) is 11.5 Å². The summed E-state index contributed by atoms with van der Waals surface area (Å²) < 4.78 is 10.7. The molecule has 1 aliphatic heterocycles. The lowest BCUT2D eigenvalue weighted by Gasteiger charge is -2.32. The number of rotatable bonds is 6. The van der Waals surface area contributed by atoms with Crippen molar-refractivity contribution in [2.24, 2.45) is 5.92 Å². The number of nitrogens with one attached hydrogen (secondary N) is 1. The van der Waals surface area contributed by atoms with E-state index >= 15 is 0 Å². The highest BCUT2D eigenvalue weighted by Gasteiger charge is 2.29. The number of carbonyl (C=O) groups excluding carboxylic acids is 1. The average molecular weight is 447 g/mol. The van der Waals surface area contributed by atoms with Gasteiger partial charge in [0.05, 0.1) is 19.7 Å². The zero-order chi connectivity index (χ0) is 22.6. The van der Waals surface area contributed by atoms with Crippen LogP contribution in [0.5, 0.6) is 5.75 Å². The maximum atomic E-state index is 13.0. The van der Waals surface area contributed by atoms with Gasteiger partial charge in [0.15, 0.2) is 0 Å².